The van der Waals surface area contributed by atoms with Gasteiger partial charge in [-0.2, -0.15) is 5.10 Å². The summed E-state index contributed by atoms with van der Waals surface area (Å²) in [5.74, 6) is -0.978. The first-order valence-electron chi connectivity index (χ1n) is 5.84. The lowest BCUT2D eigenvalue weighted by Gasteiger charge is -2.25. The predicted octanol–water partition coefficient (Wildman–Crippen LogP) is -0.182. The second-order valence-electron chi connectivity index (χ2n) is 4.45. The Morgan fingerprint density at radius 3 is 3.17 bits per heavy atom. The molecule has 0 radical (unpaired) electrons. The smallest absolute Gasteiger partial charge is 0.354 e. The molecule has 1 aliphatic rings. The number of aromatic amines is 1. The summed E-state index contributed by atoms with van der Waals surface area (Å²) in [6.45, 7) is 3.69. The van der Waals surface area contributed by atoms with Crippen LogP contribution in [0.25, 0.3) is 0 Å². The van der Waals surface area contributed by atoms with E-state index in [1.807, 2.05) is 6.92 Å². The molecule has 1 atom stereocenters. The topological polar surface area (TPSA) is 98.3 Å². The van der Waals surface area contributed by atoms with Gasteiger partial charge in [-0.1, -0.05) is 0 Å². The van der Waals surface area contributed by atoms with E-state index in [1.165, 1.54) is 6.20 Å². The Morgan fingerprint density at radius 2 is 2.44 bits per heavy atom. The van der Waals surface area contributed by atoms with Crippen LogP contribution in [0.5, 0.6) is 0 Å². The monoisotopic (exact) mass is 252 g/mol. The number of rotatable bonds is 3. The molecule has 2 heterocycles. The Labute approximate surface area is 104 Å². The van der Waals surface area contributed by atoms with Gasteiger partial charge in [-0.05, 0) is 6.92 Å². The van der Waals surface area contributed by atoms with E-state index in [-0.39, 0.29) is 17.6 Å². The molecule has 0 aromatic carbocycles. The van der Waals surface area contributed by atoms with Gasteiger partial charge in [0, 0.05) is 37.7 Å². The summed E-state index contributed by atoms with van der Waals surface area (Å²) in [4.78, 5) is 24.3. The minimum Gasteiger partial charge on any atom is -0.477 e. The summed E-state index contributed by atoms with van der Waals surface area (Å²) in [7, 11) is 0. The number of carboxylic acid groups (broad SMARTS) is 1. The average Bonchev–Trinajstić information content (AvgIpc) is 2.73. The molecule has 1 aromatic rings. The molecule has 7 nitrogen and oxygen atoms in total. The van der Waals surface area contributed by atoms with Crippen LogP contribution in [0, 0.1) is 0 Å². The molecule has 0 spiro atoms. The molecule has 1 aromatic heterocycles. The first kappa shape index (κ1) is 12.6. The molecule has 0 aliphatic carbocycles. The molecule has 1 unspecified atom stereocenters. The highest BCUT2D eigenvalue weighted by atomic mass is 16.4. The van der Waals surface area contributed by atoms with Crippen molar-refractivity contribution in [2.45, 2.75) is 25.9 Å². The van der Waals surface area contributed by atoms with Gasteiger partial charge in [0.2, 0.25) is 5.91 Å². The number of carbonyl (C=O) groups is 2. The third-order valence-corrected chi connectivity index (χ3v) is 3.15. The first-order valence-corrected chi connectivity index (χ1v) is 5.84. The molecule has 2 rings (SSSR count). The van der Waals surface area contributed by atoms with Crippen molar-refractivity contribution in [1.29, 1.82) is 0 Å². The fourth-order valence-corrected chi connectivity index (χ4v) is 2.01. The van der Waals surface area contributed by atoms with E-state index >= 15 is 0 Å². The van der Waals surface area contributed by atoms with Gasteiger partial charge in [-0.3, -0.25) is 14.8 Å². The van der Waals surface area contributed by atoms with Crippen LogP contribution in [0.4, 0.5) is 0 Å². The van der Waals surface area contributed by atoms with E-state index in [1.54, 1.807) is 0 Å². The number of hydrogen-bond donors (Lipinski definition) is 3. The zero-order valence-corrected chi connectivity index (χ0v) is 10.1. The summed E-state index contributed by atoms with van der Waals surface area (Å²) in [5, 5.41) is 18.0. The number of aromatic carboxylic acids is 1. The highest BCUT2D eigenvalue weighted by Crippen LogP contribution is 2.13. The van der Waals surface area contributed by atoms with Gasteiger partial charge < -0.3 is 10.4 Å². The standard InChI is InChI=1S/C11H16N4O3/c1-7-4-12-9(16)2-3-15(7)6-8-5-13-14-10(8)11(17)18/h5,7H,2-4,6H2,1H3,(H,12,16)(H,13,14)(H,17,18). The zero-order valence-electron chi connectivity index (χ0n) is 10.1. The maximum absolute atomic E-state index is 11.3. The molecular formula is C11H16N4O3. The minimum atomic E-state index is -1.01. The second kappa shape index (κ2) is 5.18. The van der Waals surface area contributed by atoms with Gasteiger partial charge in [-0.25, -0.2) is 4.79 Å². The Morgan fingerprint density at radius 1 is 1.67 bits per heavy atom. The maximum Gasteiger partial charge on any atom is 0.354 e. The third kappa shape index (κ3) is 2.67. The lowest BCUT2D eigenvalue weighted by atomic mass is 10.2. The molecule has 0 saturated carbocycles. The van der Waals surface area contributed by atoms with Crippen LogP contribution in [-0.2, 0) is 11.3 Å². The molecule has 7 heteroatoms. The fraction of sp³-hybridized carbons (Fsp3) is 0.545. The number of nitrogens with zero attached hydrogens (tertiary/aromatic N) is 2. The lowest BCUT2D eigenvalue weighted by molar-refractivity contribution is -0.120. The third-order valence-electron chi connectivity index (χ3n) is 3.15. The Balaban J connectivity index is 2.09. The largest absolute Gasteiger partial charge is 0.477 e. The predicted molar refractivity (Wildman–Crippen MR) is 63.0 cm³/mol. The van der Waals surface area contributed by atoms with Crippen molar-refractivity contribution in [2.24, 2.45) is 0 Å². The van der Waals surface area contributed by atoms with E-state index in [2.05, 4.69) is 20.4 Å². The maximum atomic E-state index is 11.3. The van der Waals surface area contributed by atoms with Gasteiger partial charge in [-0.15, -0.1) is 0 Å². The summed E-state index contributed by atoms with van der Waals surface area (Å²) < 4.78 is 0. The van der Waals surface area contributed by atoms with Crippen molar-refractivity contribution >= 4 is 11.9 Å². The number of aromatic nitrogens is 2. The van der Waals surface area contributed by atoms with E-state index < -0.39 is 5.97 Å². The van der Waals surface area contributed by atoms with Crippen LogP contribution in [0.3, 0.4) is 0 Å². The van der Waals surface area contributed by atoms with Gasteiger partial charge in [0.25, 0.3) is 0 Å². The van der Waals surface area contributed by atoms with Crippen molar-refractivity contribution in [3.63, 3.8) is 0 Å². The van der Waals surface area contributed by atoms with Gasteiger partial charge in [0.1, 0.15) is 5.69 Å². The molecule has 3 N–H and O–H groups in total. The van der Waals surface area contributed by atoms with Gasteiger partial charge in [0.05, 0.1) is 6.20 Å². The van der Waals surface area contributed by atoms with Crippen molar-refractivity contribution in [1.82, 2.24) is 20.4 Å². The number of carbonyl (C=O) groups excluding carboxylic acids is 1. The molecule has 1 amide bonds. The highest BCUT2D eigenvalue weighted by Gasteiger charge is 2.22. The van der Waals surface area contributed by atoms with E-state index in [0.717, 1.165) is 0 Å². The van der Waals surface area contributed by atoms with Crippen LogP contribution in [-0.4, -0.2) is 51.2 Å². The van der Waals surface area contributed by atoms with Crippen molar-refractivity contribution in [3.8, 4) is 0 Å². The Kier molecular flexibility index (Phi) is 3.61. The minimum absolute atomic E-state index is 0.0370. The van der Waals surface area contributed by atoms with Crippen LogP contribution in [0.15, 0.2) is 6.20 Å². The molecule has 18 heavy (non-hydrogen) atoms. The number of hydrogen-bond acceptors (Lipinski definition) is 4. The van der Waals surface area contributed by atoms with E-state index in [0.29, 0.717) is 31.6 Å². The van der Waals surface area contributed by atoms with Gasteiger partial charge in [0.15, 0.2) is 0 Å². The summed E-state index contributed by atoms with van der Waals surface area (Å²) in [6.07, 6.45) is 1.96. The number of H-pyrrole nitrogens is 1. The summed E-state index contributed by atoms with van der Waals surface area (Å²) in [5.41, 5.74) is 0.759. The van der Waals surface area contributed by atoms with E-state index in [4.69, 9.17) is 5.11 Å². The molecule has 1 fully saturated rings. The zero-order chi connectivity index (χ0) is 13.1. The quantitative estimate of drug-likeness (QED) is 0.693. The Hall–Kier alpha value is -1.89. The molecule has 1 saturated heterocycles. The number of amides is 1. The highest BCUT2D eigenvalue weighted by molar-refractivity contribution is 5.86. The van der Waals surface area contributed by atoms with Crippen LogP contribution in [0.2, 0.25) is 0 Å². The Bertz CT molecular complexity index is 457. The van der Waals surface area contributed by atoms with Crippen molar-refractivity contribution < 1.29 is 14.7 Å². The van der Waals surface area contributed by atoms with Crippen LogP contribution in [0.1, 0.15) is 29.4 Å². The number of nitrogens with one attached hydrogen (secondary N) is 2. The van der Waals surface area contributed by atoms with E-state index in [9.17, 15) is 9.59 Å². The first-order chi connectivity index (χ1) is 8.58. The van der Waals surface area contributed by atoms with Crippen LogP contribution >= 0.6 is 0 Å². The summed E-state index contributed by atoms with van der Waals surface area (Å²) in [6, 6.07) is 0.174. The molecule has 1 aliphatic heterocycles. The molecule has 98 valence electrons. The SMILES string of the molecule is CC1CNC(=O)CCN1Cc1cn[nH]c1C(=O)O. The fourth-order valence-electron chi connectivity index (χ4n) is 2.01. The average molecular weight is 252 g/mol. The lowest BCUT2D eigenvalue weighted by Crippen LogP contribution is -2.37. The summed E-state index contributed by atoms with van der Waals surface area (Å²) >= 11 is 0. The van der Waals surface area contributed by atoms with Gasteiger partial charge >= 0.3 is 5.97 Å². The normalized spacial score (nSPS) is 21.4. The second-order valence-corrected chi connectivity index (χ2v) is 4.45. The number of carboxylic acids is 1. The van der Waals surface area contributed by atoms with Crippen LogP contribution < -0.4 is 5.32 Å². The molecule has 0 bridgehead atoms. The molecular weight excluding hydrogens is 236 g/mol. The van der Waals surface area contributed by atoms with Crippen molar-refractivity contribution in [3.05, 3.63) is 17.5 Å². The van der Waals surface area contributed by atoms with Crippen molar-refractivity contribution in [2.75, 3.05) is 13.1 Å².